The third kappa shape index (κ3) is 10.4. The molecular weight excluding hydrogens is 764 g/mol. The summed E-state index contributed by atoms with van der Waals surface area (Å²) in [5.41, 5.74) is 6.00. The molecule has 0 saturated carbocycles. The second kappa shape index (κ2) is 17.1. The molecule has 0 bridgehead atoms. The van der Waals surface area contributed by atoms with Crippen molar-refractivity contribution in [2.24, 2.45) is 0 Å². The lowest BCUT2D eigenvalue weighted by Crippen LogP contribution is -2.25. The van der Waals surface area contributed by atoms with Gasteiger partial charge in [-0.05, 0) is 99.9 Å². The molecule has 2 unspecified atom stereocenters. The quantitative estimate of drug-likeness (QED) is 0.139. The van der Waals surface area contributed by atoms with Gasteiger partial charge in [0, 0.05) is 49.6 Å². The van der Waals surface area contributed by atoms with E-state index in [0.29, 0.717) is 18.7 Å². The first kappa shape index (κ1) is 37.0. The van der Waals surface area contributed by atoms with Crippen molar-refractivity contribution in [3.05, 3.63) is 56.5 Å². The Labute approximate surface area is 307 Å². The normalized spacial score (nSPS) is 22.5. The first-order valence-corrected chi connectivity index (χ1v) is 22.3. The van der Waals surface area contributed by atoms with Gasteiger partial charge >= 0.3 is 0 Å². The van der Waals surface area contributed by atoms with Crippen LogP contribution in [0.25, 0.3) is 11.1 Å². The van der Waals surface area contributed by atoms with Gasteiger partial charge in [0.1, 0.15) is 0 Å². The number of rotatable bonds is 18. The molecule has 0 radical (unpaired) electrons. The van der Waals surface area contributed by atoms with Crippen molar-refractivity contribution in [1.29, 1.82) is 0 Å². The fourth-order valence-electron chi connectivity index (χ4n) is 7.19. The molecule has 1 aliphatic carbocycles. The summed E-state index contributed by atoms with van der Waals surface area (Å²) in [4.78, 5) is 0. The zero-order valence-corrected chi connectivity index (χ0v) is 34.1. The van der Waals surface area contributed by atoms with Crippen molar-refractivity contribution < 1.29 is 9.47 Å². The predicted molar refractivity (Wildman–Crippen MR) is 212 cm³/mol. The minimum absolute atomic E-state index is 0.0829. The standard InChI is InChI=1S/C37H52Br2O2S4/c1-35(2)42-25-29(44-35)23-40-19-11-7-5-9-17-37(18-10-6-8-12-20-41-24-30-26-43-36(3,4)45-30)33-21-27(38)13-15-31(33)32-16-14-28(39)22-34(32)37/h13-16,21-22,29-30H,5-12,17-20,23-26H2,1-4H3. The predicted octanol–water partition coefficient (Wildman–Crippen LogP) is 12.6. The Morgan fingerprint density at radius 1 is 0.622 bits per heavy atom. The van der Waals surface area contributed by atoms with Crippen LogP contribution in [0.5, 0.6) is 0 Å². The largest absolute Gasteiger partial charge is 0.380 e. The van der Waals surface area contributed by atoms with Crippen molar-refractivity contribution in [3.8, 4) is 11.1 Å². The van der Waals surface area contributed by atoms with Crippen LogP contribution >= 0.6 is 78.9 Å². The summed E-state index contributed by atoms with van der Waals surface area (Å²) in [5, 5.41) is 1.31. The molecule has 2 aromatic rings. The van der Waals surface area contributed by atoms with Crippen molar-refractivity contribution in [3.63, 3.8) is 0 Å². The van der Waals surface area contributed by atoms with E-state index in [9.17, 15) is 0 Å². The van der Waals surface area contributed by atoms with Gasteiger partial charge in [-0.2, -0.15) is 0 Å². The molecule has 2 aliphatic heterocycles. The third-order valence-electron chi connectivity index (χ3n) is 9.31. The van der Waals surface area contributed by atoms with E-state index in [-0.39, 0.29) is 5.41 Å². The lowest BCUT2D eigenvalue weighted by atomic mass is 9.70. The summed E-state index contributed by atoms with van der Waals surface area (Å²) in [5.74, 6) is 2.45. The highest BCUT2D eigenvalue weighted by molar-refractivity contribution is 9.10. The third-order valence-corrected chi connectivity index (χ3v) is 16.9. The van der Waals surface area contributed by atoms with Crippen LogP contribution in [0.4, 0.5) is 0 Å². The van der Waals surface area contributed by atoms with Gasteiger partial charge in [-0.25, -0.2) is 0 Å². The molecule has 2 nitrogen and oxygen atoms in total. The van der Waals surface area contributed by atoms with Crippen LogP contribution in [0.3, 0.4) is 0 Å². The minimum atomic E-state index is 0.0829. The lowest BCUT2D eigenvalue weighted by molar-refractivity contribution is 0.134. The molecule has 250 valence electrons. The summed E-state index contributed by atoms with van der Waals surface area (Å²) < 4.78 is 15.3. The second-order valence-electron chi connectivity index (χ2n) is 13.8. The fraction of sp³-hybridized carbons (Fsp3) is 0.676. The Morgan fingerprint density at radius 3 is 1.44 bits per heavy atom. The van der Waals surface area contributed by atoms with E-state index in [4.69, 9.17) is 9.47 Å². The average Bonchev–Trinajstić information content (AvgIpc) is 3.61. The van der Waals surface area contributed by atoms with Crippen LogP contribution < -0.4 is 0 Å². The highest BCUT2D eigenvalue weighted by atomic mass is 79.9. The molecule has 2 atom stereocenters. The van der Waals surface area contributed by atoms with Gasteiger partial charge in [0.05, 0.1) is 21.4 Å². The number of hydrogen-bond donors (Lipinski definition) is 0. The van der Waals surface area contributed by atoms with Gasteiger partial charge < -0.3 is 9.47 Å². The summed E-state index contributed by atoms with van der Waals surface area (Å²) in [6, 6.07) is 14.0. The van der Waals surface area contributed by atoms with E-state index in [1.165, 1.54) is 107 Å². The summed E-state index contributed by atoms with van der Waals surface area (Å²) in [6.07, 6.45) is 12.3. The Balaban J connectivity index is 1.11. The maximum atomic E-state index is 6.11. The van der Waals surface area contributed by atoms with Crippen molar-refractivity contribution in [2.45, 2.75) is 116 Å². The van der Waals surface area contributed by atoms with Crippen LogP contribution in [0, 0.1) is 0 Å². The van der Waals surface area contributed by atoms with Crippen molar-refractivity contribution >= 4 is 78.9 Å². The molecule has 2 fully saturated rings. The maximum absolute atomic E-state index is 6.11. The SMILES string of the molecule is CC1(C)SCC(COCCCCCCC2(CCCCCCOCC3CSC(C)(C)S3)c3cc(Br)ccc3-c3ccc(Br)cc32)S1. The molecule has 2 saturated heterocycles. The van der Waals surface area contributed by atoms with E-state index in [1.807, 2.05) is 0 Å². The maximum Gasteiger partial charge on any atom is 0.0593 e. The van der Waals surface area contributed by atoms with Gasteiger partial charge in [-0.1, -0.05) is 82.5 Å². The summed E-state index contributed by atoms with van der Waals surface area (Å²) in [6.45, 7) is 13.0. The molecule has 45 heavy (non-hydrogen) atoms. The van der Waals surface area contributed by atoms with Crippen LogP contribution in [0.1, 0.15) is 103 Å². The van der Waals surface area contributed by atoms with Gasteiger partial charge in [0.25, 0.3) is 0 Å². The molecule has 5 rings (SSSR count). The van der Waals surface area contributed by atoms with Crippen LogP contribution in [-0.2, 0) is 14.9 Å². The number of hydrogen-bond acceptors (Lipinski definition) is 6. The molecule has 0 N–H and O–H groups in total. The Kier molecular flexibility index (Phi) is 14.0. The first-order valence-electron chi connectivity index (χ1n) is 17.0. The van der Waals surface area contributed by atoms with E-state index in [1.54, 1.807) is 0 Å². The van der Waals surface area contributed by atoms with E-state index >= 15 is 0 Å². The van der Waals surface area contributed by atoms with Crippen LogP contribution in [0.2, 0.25) is 0 Å². The monoisotopic (exact) mass is 814 g/mol. The summed E-state index contributed by atoms with van der Waals surface area (Å²) >= 11 is 16.0. The number of unbranched alkanes of at least 4 members (excludes halogenated alkanes) is 6. The van der Waals surface area contributed by atoms with Gasteiger partial charge in [-0.15, -0.1) is 47.0 Å². The Bertz CT molecular complexity index is 1160. The zero-order valence-electron chi connectivity index (χ0n) is 27.6. The number of halogens is 2. The van der Waals surface area contributed by atoms with E-state index < -0.39 is 0 Å². The minimum Gasteiger partial charge on any atom is -0.380 e. The molecule has 0 spiro atoms. The average molecular weight is 817 g/mol. The fourth-order valence-corrected chi connectivity index (χ4v) is 13.9. The lowest BCUT2D eigenvalue weighted by Gasteiger charge is -2.33. The van der Waals surface area contributed by atoms with Gasteiger partial charge in [-0.3, -0.25) is 0 Å². The molecule has 2 aromatic carbocycles. The number of fused-ring (bicyclic) bond motifs is 3. The molecule has 3 aliphatic rings. The van der Waals surface area contributed by atoms with Gasteiger partial charge in [0.2, 0.25) is 0 Å². The number of benzene rings is 2. The topological polar surface area (TPSA) is 18.5 Å². The highest BCUT2D eigenvalue weighted by Crippen LogP contribution is 2.55. The van der Waals surface area contributed by atoms with Crippen molar-refractivity contribution in [1.82, 2.24) is 0 Å². The molecule has 0 amide bonds. The molecule has 0 aromatic heterocycles. The smallest absolute Gasteiger partial charge is 0.0593 e. The van der Waals surface area contributed by atoms with Crippen LogP contribution in [0.15, 0.2) is 45.3 Å². The second-order valence-corrected chi connectivity index (χ2v) is 23.3. The zero-order chi connectivity index (χ0) is 31.9. The van der Waals surface area contributed by atoms with E-state index in [0.717, 1.165) is 26.4 Å². The molecule has 8 heteroatoms. The highest BCUT2D eigenvalue weighted by Gasteiger charge is 2.42. The first-order chi connectivity index (χ1) is 21.6. The summed E-state index contributed by atoms with van der Waals surface area (Å²) in [7, 11) is 0. The number of ether oxygens (including phenoxy) is 2. The Hall–Kier alpha value is 0.720. The van der Waals surface area contributed by atoms with Crippen LogP contribution in [-0.4, -0.2) is 56.6 Å². The van der Waals surface area contributed by atoms with Crippen molar-refractivity contribution in [2.75, 3.05) is 37.9 Å². The Morgan fingerprint density at radius 2 is 1.04 bits per heavy atom. The molecular formula is C37H52Br2O2S4. The van der Waals surface area contributed by atoms with Gasteiger partial charge in [0.15, 0.2) is 0 Å². The number of thioether (sulfide) groups is 4. The molecule has 2 heterocycles. The van der Waals surface area contributed by atoms with E-state index in [2.05, 4.69) is 143 Å².